The number of rotatable bonds is 6. The topological polar surface area (TPSA) is 52.1 Å². The first kappa shape index (κ1) is 18.7. The highest BCUT2D eigenvalue weighted by molar-refractivity contribution is 8.00. The Morgan fingerprint density at radius 2 is 1.79 bits per heavy atom. The fraction of sp³-hybridized carbons (Fsp3) is 0.136. The van der Waals surface area contributed by atoms with Gasteiger partial charge in [-0.1, -0.05) is 72.4 Å². The van der Waals surface area contributed by atoms with Gasteiger partial charge in [-0.2, -0.15) is 0 Å². The molecule has 2 heterocycles. The third-order valence-electron chi connectivity index (χ3n) is 4.20. The Labute approximate surface area is 171 Å². The zero-order chi connectivity index (χ0) is 19.3. The molecule has 0 aliphatic carbocycles. The Morgan fingerprint density at radius 3 is 2.54 bits per heavy atom. The number of ether oxygens (including phenoxy) is 1. The predicted molar refractivity (Wildman–Crippen MR) is 114 cm³/mol. The van der Waals surface area contributed by atoms with E-state index in [1.165, 1.54) is 11.8 Å². The van der Waals surface area contributed by atoms with E-state index in [0.717, 1.165) is 31.2 Å². The van der Waals surface area contributed by atoms with Gasteiger partial charge in [-0.05, 0) is 24.1 Å². The number of fused-ring (bicyclic) bond motifs is 1. The summed E-state index contributed by atoms with van der Waals surface area (Å²) < 4.78 is 5.45. The van der Waals surface area contributed by atoms with Crippen LogP contribution >= 0.6 is 23.1 Å². The zero-order valence-electron chi connectivity index (χ0n) is 15.2. The molecule has 0 aliphatic heterocycles. The lowest BCUT2D eigenvalue weighted by Gasteiger charge is -2.11. The van der Waals surface area contributed by atoms with E-state index in [9.17, 15) is 4.79 Å². The summed E-state index contributed by atoms with van der Waals surface area (Å²) in [4.78, 5) is 23.3. The fourth-order valence-corrected chi connectivity index (χ4v) is 4.69. The first-order valence-corrected chi connectivity index (χ1v) is 10.6. The molecule has 4 nitrogen and oxygen atoms in total. The number of thioether (sulfide) groups is 1. The average Bonchev–Trinajstić information content (AvgIpc) is 3.19. The van der Waals surface area contributed by atoms with Crippen LogP contribution in [0.15, 0.2) is 78.1 Å². The summed E-state index contributed by atoms with van der Waals surface area (Å²) in [5.41, 5.74) is 2.12. The van der Waals surface area contributed by atoms with Gasteiger partial charge in [-0.25, -0.2) is 9.97 Å². The maximum absolute atomic E-state index is 12.4. The molecule has 0 unspecified atom stereocenters. The van der Waals surface area contributed by atoms with Crippen LogP contribution in [-0.2, 0) is 16.1 Å². The first-order valence-electron chi connectivity index (χ1n) is 8.88. The Hall–Kier alpha value is -2.70. The fourth-order valence-electron chi connectivity index (χ4n) is 2.73. The summed E-state index contributed by atoms with van der Waals surface area (Å²) in [5, 5.41) is 1.41. The lowest BCUT2D eigenvalue weighted by Crippen LogP contribution is -2.17. The average molecular weight is 407 g/mol. The number of carbonyl (C=O) groups is 1. The van der Waals surface area contributed by atoms with Crippen molar-refractivity contribution in [1.82, 2.24) is 9.97 Å². The number of nitrogens with zero attached hydrogens (tertiary/aromatic N) is 2. The van der Waals surface area contributed by atoms with E-state index in [4.69, 9.17) is 4.74 Å². The third-order valence-corrected chi connectivity index (χ3v) is 6.38. The van der Waals surface area contributed by atoms with Crippen LogP contribution < -0.4 is 0 Å². The van der Waals surface area contributed by atoms with Crippen molar-refractivity contribution >= 4 is 39.3 Å². The van der Waals surface area contributed by atoms with Gasteiger partial charge in [-0.3, -0.25) is 4.79 Å². The van der Waals surface area contributed by atoms with E-state index >= 15 is 0 Å². The summed E-state index contributed by atoms with van der Waals surface area (Å²) in [6.07, 6.45) is 1.55. The molecule has 0 aliphatic rings. The van der Waals surface area contributed by atoms with Crippen LogP contribution in [0.4, 0.5) is 0 Å². The number of carbonyl (C=O) groups excluding carboxylic acids is 1. The van der Waals surface area contributed by atoms with Crippen LogP contribution in [0.2, 0.25) is 0 Å². The summed E-state index contributed by atoms with van der Waals surface area (Å²) in [6, 6.07) is 22.0. The Bertz CT molecular complexity index is 1080. The monoisotopic (exact) mass is 406 g/mol. The van der Waals surface area contributed by atoms with Gasteiger partial charge < -0.3 is 4.74 Å². The molecule has 4 aromatic rings. The van der Waals surface area contributed by atoms with E-state index in [-0.39, 0.29) is 17.8 Å². The third kappa shape index (κ3) is 4.24. The molecule has 0 amide bonds. The minimum atomic E-state index is -0.359. The molecule has 0 saturated carbocycles. The van der Waals surface area contributed by atoms with Crippen molar-refractivity contribution in [1.29, 1.82) is 0 Å². The molecule has 2 aromatic carbocycles. The highest BCUT2D eigenvalue weighted by Gasteiger charge is 2.19. The molecule has 0 saturated heterocycles. The van der Waals surface area contributed by atoms with Crippen LogP contribution in [0.25, 0.3) is 20.7 Å². The van der Waals surface area contributed by atoms with Gasteiger partial charge in [0.25, 0.3) is 0 Å². The van der Waals surface area contributed by atoms with Gasteiger partial charge in [0.1, 0.15) is 28.0 Å². The Balaban J connectivity index is 1.49. The van der Waals surface area contributed by atoms with Crippen LogP contribution in [-0.4, -0.2) is 21.2 Å². The van der Waals surface area contributed by atoms with E-state index in [1.54, 1.807) is 17.7 Å². The lowest BCUT2D eigenvalue weighted by atomic mass is 10.2. The summed E-state index contributed by atoms with van der Waals surface area (Å²) in [6.45, 7) is 2.12. The SMILES string of the molecule is C[C@@H](Sc1ncnc2sc(-c3ccccc3)cc12)C(=O)OCc1ccccc1. The summed E-state index contributed by atoms with van der Waals surface area (Å²) >= 11 is 3.03. The Kier molecular flexibility index (Phi) is 5.69. The van der Waals surface area contributed by atoms with Crippen molar-refractivity contribution in [2.45, 2.75) is 23.8 Å². The second-order valence-electron chi connectivity index (χ2n) is 6.23. The lowest BCUT2D eigenvalue weighted by molar-refractivity contribution is -0.143. The minimum absolute atomic E-state index is 0.251. The van der Waals surface area contributed by atoms with Crippen molar-refractivity contribution in [3.63, 3.8) is 0 Å². The number of benzene rings is 2. The minimum Gasteiger partial charge on any atom is -0.460 e. The van der Waals surface area contributed by atoms with Gasteiger partial charge in [0.05, 0.1) is 0 Å². The second kappa shape index (κ2) is 8.54. The van der Waals surface area contributed by atoms with Crippen molar-refractivity contribution in [3.8, 4) is 10.4 Å². The van der Waals surface area contributed by atoms with Gasteiger partial charge in [0.2, 0.25) is 0 Å². The van der Waals surface area contributed by atoms with Crippen LogP contribution in [0.3, 0.4) is 0 Å². The van der Waals surface area contributed by atoms with E-state index in [0.29, 0.717) is 0 Å². The highest BCUT2D eigenvalue weighted by Crippen LogP contribution is 2.37. The van der Waals surface area contributed by atoms with Crippen LogP contribution in [0.5, 0.6) is 0 Å². The van der Waals surface area contributed by atoms with E-state index in [2.05, 4.69) is 28.2 Å². The standard InChI is InChI=1S/C22H18N2O2S2/c1-15(22(25)26-13-16-8-4-2-5-9-16)27-20-18-12-19(17-10-6-3-7-11-17)28-21(18)24-14-23-20/h2-12,14-15H,13H2,1H3/t15-/m1/s1. The molecule has 0 N–H and O–H groups in total. The van der Waals surface area contributed by atoms with Crippen LogP contribution in [0, 0.1) is 0 Å². The second-order valence-corrected chi connectivity index (χ2v) is 8.59. The van der Waals surface area contributed by atoms with Crippen molar-refractivity contribution < 1.29 is 9.53 Å². The smallest absolute Gasteiger partial charge is 0.319 e. The molecule has 1 atom stereocenters. The van der Waals surface area contributed by atoms with Crippen molar-refractivity contribution in [3.05, 3.63) is 78.6 Å². The summed E-state index contributed by atoms with van der Waals surface area (Å²) in [5.74, 6) is -0.251. The zero-order valence-corrected chi connectivity index (χ0v) is 16.9. The maximum atomic E-state index is 12.4. The molecule has 0 spiro atoms. The molecular weight excluding hydrogens is 388 g/mol. The quantitative estimate of drug-likeness (QED) is 0.238. The van der Waals surface area contributed by atoms with Gasteiger partial charge in [-0.15, -0.1) is 11.3 Å². The highest BCUT2D eigenvalue weighted by atomic mass is 32.2. The molecule has 2 aromatic heterocycles. The molecule has 4 rings (SSSR count). The molecule has 0 fully saturated rings. The molecule has 6 heteroatoms. The number of esters is 1. The number of thiophene rings is 1. The van der Waals surface area contributed by atoms with Crippen molar-refractivity contribution in [2.24, 2.45) is 0 Å². The summed E-state index contributed by atoms with van der Waals surface area (Å²) in [7, 11) is 0. The van der Waals surface area contributed by atoms with Crippen LogP contribution in [0.1, 0.15) is 12.5 Å². The molecular formula is C22H18N2O2S2. The van der Waals surface area contributed by atoms with Gasteiger partial charge in [0.15, 0.2) is 0 Å². The van der Waals surface area contributed by atoms with Gasteiger partial charge >= 0.3 is 5.97 Å². The normalized spacial score (nSPS) is 12.0. The Morgan fingerprint density at radius 1 is 1.07 bits per heavy atom. The maximum Gasteiger partial charge on any atom is 0.319 e. The molecule has 140 valence electrons. The predicted octanol–water partition coefficient (Wildman–Crippen LogP) is 5.58. The molecule has 0 bridgehead atoms. The number of hydrogen-bond acceptors (Lipinski definition) is 6. The number of hydrogen-bond donors (Lipinski definition) is 0. The number of aromatic nitrogens is 2. The van der Waals surface area contributed by atoms with Gasteiger partial charge in [0, 0.05) is 10.3 Å². The largest absolute Gasteiger partial charge is 0.460 e. The van der Waals surface area contributed by atoms with E-state index < -0.39 is 0 Å². The molecule has 28 heavy (non-hydrogen) atoms. The first-order chi connectivity index (χ1) is 13.7. The molecule has 0 radical (unpaired) electrons. The van der Waals surface area contributed by atoms with Crippen molar-refractivity contribution in [2.75, 3.05) is 0 Å². The van der Waals surface area contributed by atoms with E-state index in [1.807, 2.05) is 55.5 Å².